The minimum atomic E-state index is -0.268. The second-order valence-corrected chi connectivity index (χ2v) is 6.75. The summed E-state index contributed by atoms with van der Waals surface area (Å²) in [6.07, 6.45) is -0.153. The van der Waals surface area contributed by atoms with Crippen LogP contribution in [0.1, 0.15) is 28.5 Å². The largest absolute Gasteiger partial charge is 0.374 e. The van der Waals surface area contributed by atoms with Crippen LogP contribution in [-0.2, 0) is 11.8 Å². The number of hydrogen-bond acceptors (Lipinski definition) is 7. The zero-order chi connectivity index (χ0) is 16.4. The molecular formula is C14H15N5O2S2. The molecule has 0 saturated heterocycles. The van der Waals surface area contributed by atoms with Crippen LogP contribution in [0.25, 0.3) is 10.6 Å². The molecule has 9 heteroatoms. The van der Waals surface area contributed by atoms with Crippen LogP contribution in [0.3, 0.4) is 0 Å². The van der Waals surface area contributed by atoms with Crippen molar-refractivity contribution in [2.24, 2.45) is 7.05 Å². The first-order chi connectivity index (χ1) is 11.1. The monoisotopic (exact) mass is 349 g/mol. The Morgan fingerprint density at radius 3 is 2.96 bits per heavy atom. The van der Waals surface area contributed by atoms with Gasteiger partial charge in [0, 0.05) is 14.2 Å². The van der Waals surface area contributed by atoms with E-state index in [1.54, 1.807) is 36.2 Å². The number of amides is 1. The molecule has 0 aromatic carbocycles. The van der Waals surface area contributed by atoms with Crippen molar-refractivity contribution in [2.75, 3.05) is 12.4 Å². The van der Waals surface area contributed by atoms with Gasteiger partial charge in [-0.15, -0.1) is 21.5 Å². The van der Waals surface area contributed by atoms with Crippen molar-refractivity contribution in [1.82, 2.24) is 20.0 Å². The third-order valence-corrected chi connectivity index (χ3v) is 5.14. The highest BCUT2D eigenvalue weighted by Crippen LogP contribution is 2.26. The number of rotatable bonds is 5. The highest BCUT2D eigenvalue weighted by molar-refractivity contribution is 7.15. The second kappa shape index (κ2) is 6.57. The van der Waals surface area contributed by atoms with Crippen LogP contribution >= 0.6 is 22.7 Å². The van der Waals surface area contributed by atoms with Gasteiger partial charge in [-0.1, -0.05) is 17.4 Å². The zero-order valence-corrected chi connectivity index (χ0v) is 14.4. The lowest BCUT2D eigenvalue weighted by atomic mass is 10.3. The van der Waals surface area contributed by atoms with E-state index in [0.717, 1.165) is 10.6 Å². The van der Waals surface area contributed by atoms with Crippen LogP contribution in [0.5, 0.6) is 0 Å². The standard InChI is InChI=1S/C14H15N5O2S2/c1-8(21-3)13-16-17-14(23-13)15-12(20)10-7-9(18-19(10)2)11-5-4-6-22-11/h4-8H,1-3H3,(H,15,17,20). The molecule has 3 aromatic rings. The molecule has 7 nitrogen and oxygen atoms in total. The van der Waals surface area contributed by atoms with E-state index in [4.69, 9.17) is 4.74 Å². The van der Waals surface area contributed by atoms with Gasteiger partial charge in [-0.3, -0.25) is 14.8 Å². The van der Waals surface area contributed by atoms with Gasteiger partial charge in [0.15, 0.2) is 0 Å². The Labute approximate surface area is 140 Å². The zero-order valence-electron chi connectivity index (χ0n) is 12.8. The van der Waals surface area contributed by atoms with Crippen LogP contribution in [0.4, 0.5) is 5.13 Å². The Balaban J connectivity index is 1.77. The Morgan fingerprint density at radius 2 is 2.26 bits per heavy atom. The van der Waals surface area contributed by atoms with Crippen LogP contribution < -0.4 is 5.32 Å². The molecule has 3 rings (SSSR count). The fraction of sp³-hybridized carbons (Fsp3) is 0.286. The quantitative estimate of drug-likeness (QED) is 0.766. The summed E-state index contributed by atoms with van der Waals surface area (Å²) in [5.74, 6) is -0.268. The van der Waals surface area contributed by atoms with Gasteiger partial charge in [0.1, 0.15) is 22.5 Å². The number of carbonyl (C=O) groups is 1. The summed E-state index contributed by atoms with van der Waals surface area (Å²) in [6, 6.07) is 5.69. The predicted octanol–water partition coefficient (Wildman–Crippen LogP) is 2.96. The van der Waals surface area contributed by atoms with Crippen LogP contribution in [0.2, 0.25) is 0 Å². The fourth-order valence-corrected chi connectivity index (χ4v) is 3.38. The second-order valence-electron chi connectivity index (χ2n) is 4.79. The Bertz CT molecular complexity index is 809. The molecule has 0 saturated carbocycles. The normalized spacial score (nSPS) is 12.3. The topological polar surface area (TPSA) is 81.9 Å². The molecule has 0 aliphatic rings. The molecule has 0 aliphatic heterocycles. The van der Waals surface area contributed by atoms with Gasteiger partial charge in [-0.25, -0.2) is 0 Å². The highest BCUT2D eigenvalue weighted by atomic mass is 32.1. The molecule has 3 heterocycles. The molecule has 1 N–H and O–H groups in total. The molecule has 1 atom stereocenters. The minimum Gasteiger partial charge on any atom is -0.374 e. The Kier molecular flexibility index (Phi) is 4.51. The van der Waals surface area contributed by atoms with Crippen molar-refractivity contribution in [3.8, 4) is 10.6 Å². The number of nitrogens with one attached hydrogen (secondary N) is 1. The first-order valence-electron chi connectivity index (χ1n) is 6.84. The molecule has 1 unspecified atom stereocenters. The summed E-state index contributed by atoms with van der Waals surface area (Å²) >= 11 is 2.87. The molecule has 0 radical (unpaired) electrons. The average molecular weight is 349 g/mol. The summed E-state index contributed by atoms with van der Waals surface area (Å²) in [7, 11) is 3.34. The van der Waals surface area contributed by atoms with Crippen molar-refractivity contribution in [3.05, 3.63) is 34.3 Å². The number of aryl methyl sites for hydroxylation is 1. The summed E-state index contributed by atoms with van der Waals surface area (Å²) in [5, 5.41) is 18.2. The summed E-state index contributed by atoms with van der Waals surface area (Å²) in [4.78, 5) is 13.4. The third-order valence-electron chi connectivity index (χ3n) is 3.25. The molecule has 0 aliphatic carbocycles. The predicted molar refractivity (Wildman–Crippen MR) is 89.8 cm³/mol. The number of carbonyl (C=O) groups excluding carboxylic acids is 1. The number of aromatic nitrogens is 4. The number of hydrogen-bond donors (Lipinski definition) is 1. The summed E-state index contributed by atoms with van der Waals surface area (Å²) in [5.41, 5.74) is 1.24. The van der Waals surface area contributed by atoms with E-state index in [0.29, 0.717) is 15.8 Å². The smallest absolute Gasteiger partial charge is 0.275 e. The maximum atomic E-state index is 12.4. The van der Waals surface area contributed by atoms with E-state index in [1.165, 1.54) is 11.3 Å². The van der Waals surface area contributed by atoms with E-state index < -0.39 is 0 Å². The van der Waals surface area contributed by atoms with E-state index in [-0.39, 0.29) is 12.0 Å². The lowest BCUT2D eigenvalue weighted by molar-refractivity contribution is 0.101. The van der Waals surface area contributed by atoms with E-state index >= 15 is 0 Å². The van der Waals surface area contributed by atoms with Gasteiger partial charge >= 0.3 is 0 Å². The number of anilines is 1. The summed E-state index contributed by atoms with van der Waals surface area (Å²) in [6.45, 7) is 1.88. The van der Waals surface area contributed by atoms with E-state index in [1.807, 2.05) is 24.4 Å². The van der Waals surface area contributed by atoms with Gasteiger partial charge in [0.2, 0.25) is 5.13 Å². The molecule has 23 heavy (non-hydrogen) atoms. The van der Waals surface area contributed by atoms with Crippen molar-refractivity contribution < 1.29 is 9.53 Å². The van der Waals surface area contributed by atoms with Gasteiger partial charge in [0.05, 0.1) is 4.88 Å². The molecule has 0 fully saturated rings. The van der Waals surface area contributed by atoms with Gasteiger partial charge in [0.25, 0.3) is 5.91 Å². The Hall–Kier alpha value is -2.10. The molecule has 120 valence electrons. The van der Waals surface area contributed by atoms with Crippen LogP contribution in [0, 0.1) is 0 Å². The minimum absolute atomic E-state index is 0.153. The first kappa shape index (κ1) is 15.8. The number of ether oxygens (including phenoxy) is 1. The van der Waals surface area contributed by atoms with Gasteiger partial charge in [-0.05, 0) is 24.4 Å². The molecule has 3 aromatic heterocycles. The Morgan fingerprint density at radius 1 is 1.43 bits per heavy atom. The third kappa shape index (κ3) is 3.31. The van der Waals surface area contributed by atoms with Crippen molar-refractivity contribution >= 4 is 33.7 Å². The average Bonchev–Trinajstić information content (AvgIpc) is 3.25. The maximum Gasteiger partial charge on any atom is 0.275 e. The van der Waals surface area contributed by atoms with Crippen molar-refractivity contribution in [1.29, 1.82) is 0 Å². The molecule has 0 bridgehead atoms. The van der Waals surface area contributed by atoms with E-state index in [2.05, 4.69) is 20.6 Å². The maximum absolute atomic E-state index is 12.4. The molecule has 1 amide bonds. The number of thiophene rings is 1. The van der Waals surface area contributed by atoms with Crippen molar-refractivity contribution in [2.45, 2.75) is 13.0 Å². The van der Waals surface area contributed by atoms with Crippen LogP contribution in [-0.4, -0.2) is 33.0 Å². The van der Waals surface area contributed by atoms with Gasteiger partial charge < -0.3 is 4.74 Å². The van der Waals surface area contributed by atoms with Crippen molar-refractivity contribution in [3.63, 3.8) is 0 Å². The first-order valence-corrected chi connectivity index (χ1v) is 8.53. The number of methoxy groups -OCH3 is 1. The SMILES string of the molecule is COC(C)c1nnc(NC(=O)c2cc(-c3cccs3)nn2C)s1. The highest BCUT2D eigenvalue weighted by Gasteiger charge is 2.18. The van der Waals surface area contributed by atoms with E-state index in [9.17, 15) is 4.79 Å². The fourth-order valence-electron chi connectivity index (χ4n) is 1.94. The number of nitrogens with zero attached hydrogens (tertiary/aromatic N) is 4. The molecule has 0 spiro atoms. The lowest BCUT2D eigenvalue weighted by Crippen LogP contribution is -2.15. The van der Waals surface area contributed by atoms with Gasteiger partial charge in [-0.2, -0.15) is 5.10 Å². The van der Waals surface area contributed by atoms with Crippen LogP contribution in [0.15, 0.2) is 23.6 Å². The molecular weight excluding hydrogens is 334 g/mol. The lowest BCUT2D eigenvalue weighted by Gasteiger charge is -2.02. The summed E-state index contributed by atoms with van der Waals surface area (Å²) < 4.78 is 6.74.